The Hall–Kier alpha value is -0.340. The molecule has 2 heteroatoms. The minimum Gasteiger partial charge on any atom is -0.313 e. The normalized spacial score (nSPS) is 19.6. The third kappa shape index (κ3) is 3.33. The molecule has 1 aliphatic carbocycles. The van der Waals surface area contributed by atoms with Gasteiger partial charge in [-0.3, -0.25) is 0 Å². The number of hydrogen-bond donors (Lipinski definition) is 1. The van der Waals surface area contributed by atoms with E-state index in [1.165, 1.54) is 43.5 Å². The highest BCUT2D eigenvalue weighted by Gasteiger charge is 2.40. The van der Waals surface area contributed by atoms with Crippen LogP contribution in [0.15, 0.2) is 17.5 Å². The molecule has 1 nitrogen and oxygen atoms in total. The van der Waals surface area contributed by atoms with Crippen molar-refractivity contribution in [2.75, 3.05) is 6.54 Å². The largest absolute Gasteiger partial charge is 0.313 e. The number of nitrogens with one attached hydrogen (secondary N) is 1. The molecular weight excluding hydrogens is 214 g/mol. The summed E-state index contributed by atoms with van der Waals surface area (Å²) in [5.41, 5.74) is 0.679. The lowest BCUT2D eigenvalue weighted by molar-refractivity contribution is 0.393. The molecule has 2 rings (SSSR count). The molecule has 16 heavy (non-hydrogen) atoms. The fraction of sp³-hybridized carbons (Fsp3) is 0.714. The van der Waals surface area contributed by atoms with Crippen molar-refractivity contribution >= 4 is 11.3 Å². The van der Waals surface area contributed by atoms with Crippen molar-refractivity contribution in [3.8, 4) is 0 Å². The molecule has 0 spiro atoms. The van der Waals surface area contributed by atoms with E-state index in [0.717, 1.165) is 0 Å². The second-order valence-electron chi connectivity index (χ2n) is 5.32. The SMILES string of the molecule is CCCC1(CNC(C)Cc2cccs2)CC1. The van der Waals surface area contributed by atoms with Gasteiger partial charge in [-0.05, 0) is 49.5 Å². The molecule has 0 amide bonds. The summed E-state index contributed by atoms with van der Waals surface area (Å²) in [6.07, 6.45) is 6.81. The van der Waals surface area contributed by atoms with E-state index < -0.39 is 0 Å². The molecule has 0 radical (unpaired) electrons. The van der Waals surface area contributed by atoms with E-state index in [-0.39, 0.29) is 0 Å². The predicted molar refractivity (Wildman–Crippen MR) is 72.1 cm³/mol. The van der Waals surface area contributed by atoms with Crippen LogP contribution in [-0.2, 0) is 6.42 Å². The van der Waals surface area contributed by atoms with Crippen molar-refractivity contribution in [1.82, 2.24) is 5.32 Å². The maximum absolute atomic E-state index is 3.72. The van der Waals surface area contributed by atoms with Crippen molar-refractivity contribution in [1.29, 1.82) is 0 Å². The smallest absolute Gasteiger partial charge is 0.00872 e. The van der Waals surface area contributed by atoms with Gasteiger partial charge >= 0.3 is 0 Å². The highest BCUT2D eigenvalue weighted by molar-refractivity contribution is 7.09. The quantitative estimate of drug-likeness (QED) is 0.759. The van der Waals surface area contributed by atoms with Gasteiger partial charge in [0.25, 0.3) is 0 Å². The summed E-state index contributed by atoms with van der Waals surface area (Å²) in [5, 5.41) is 5.88. The molecule has 1 fully saturated rings. The monoisotopic (exact) mass is 237 g/mol. The zero-order valence-corrected chi connectivity index (χ0v) is 11.3. The third-order valence-electron chi connectivity index (χ3n) is 3.65. The first-order valence-electron chi connectivity index (χ1n) is 6.50. The zero-order chi connectivity index (χ0) is 11.4. The Morgan fingerprint density at radius 1 is 1.50 bits per heavy atom. The van der Waals surface area contributed by atoms with Crippen LogP contribution < -0.4 is 5.32 Å². The van der Waals surface area contributed by atoms with Gasteiger partial charge in [-0.2, -0.15) is 0 Å². The number of hydrogen-bond acceptors (Lipinski definition) is 2. The van der Waals surface area contributed by atoms with Crippen molar-refractivity contribution in [3.63, 3.8) is 0 Å². The first-order valence-corrected chi connectivity index (χ1v) is 7.38. The summed E-state index contributed by atoms with van der Waals surface area (Å²) in [6.45, 7) is 5.84. The Kier molecular flexibility index (Phi) is 4.04. The second kappa shape index (κ2) is 5.33. The zero-order valence-electron chi connectivity index (χ0n) is 10.5. The van der Waals surface area contributed by atoms with Crippen LogP contribution in [-0.4, -0.2) is 12.6 Å². The van der Waals surface area contributed by atoms with Crippen molar-refractivity contribution < 1.29 is 0 Å². The second-order valence-corrected chi connectivity index (χ2v) is 6.35. The van der Waals surface area contributed by atoms with Crippen LogP contribution in [0.2, 0.25) is 0 Å². The molecule has 0 aliphatic heterocycles. The molecule has 1 heterocycles. The van der Waals surface area contributed by atoms with Gasteiger partial charge in [0, 0.05) is 17.5 Å². The van der Waals surface area contributed by atoms with Gasteiger partial charge in [0.2, 0.25) is 0 Å². The first kappa shape index (κ1) is 12.1. The lowest BCUT2D eigenvalue weighted by Gasteiger charge is -2.19. The molecular formula is C14H23NS. The molecule has 90 valence electrons. The van der Waals surface area contributed by atoms with Gasteiger partial charge in [0.15, 0.2) is 0 Å². The fourth-order valence-corrected chi connectivity index (χ4v) is 3.25. The van der Waals surface area contributed by atoms with Crippen LogP contribution >= 0.6 is 11.3 Å². The summed E-state index contributed by atoms with van der Waals surface area (Å²) < 4.78 is 0. The fourth-order valence-electron chi connectivity index (χ4n) is 2.42. The van der Waals surface area contributed by atoms with Crippen molar-refractivity contribution in [2.45, 2.75) is 52.0 Å². The molecule has 1 saturated carbocycles. The van der Waals surface area contributed by atoms with Gasteiger partial charge < -0.3 is 5.32 Å². The van der Waals surface area contributed by atoms with Gasteiger partial charge in [-0.25, -0.2) is 0 Å². The van der Waals surface area contributed by atoms with E-state index in [1.807, 2.05) is 11.3 Å². The van der Waals surface area contributed by atoms with Gasteiger partial charge in [0.05, 0.1) is 0 Å². The van der Waals surface area contributed by atoms with Crippen LogP contribution in [0.1, 0.15) is 44.4 Å². The third-order valence-corrected chi connectivity index (χ3v) is 4.55. The minimum atomic E-state index is 0.619. The standard InChI is InChI=1S/C14H23NS/c1-3-6-14(7-8-14)11-15-12(2)10-13-5-4-9-16-13/h4-5,9,12,15H,3,6-8,10-11H2,1-2H3. The summed E-state index contributed by atoms with van der Waals surface area (Å²) >= 11 is 1.87. The Morgan fingerprint density at radius 3 is 2.88 bits per heavy atom. The molecule has 1 N–H and O–H groups in total. The Morgan fingerprint density at radius 2 is 2.31 bits per heavy atom. The van der Waals surface area contributed by atoms with E-state index >= 15 is 0 Å². The van der Waals surface area contributed by atoms with Crippen molar-refractivity contribution in [3.05, 3.63) is 22.4 Å². The van der Waals surface area contributed by atoms with Crippen LogP contribution in [0.4, 0.5) is 0 Å². The highest BCUT2D eigenvalue weighted by atomic mass is 32.1. The molecule has 1 unspecified atom stereocenters. The average molecular weight is 237 g/mol. The Balaban J connectivity index is 1.70. The first-order chi connectivity index (χ1) is 7.74. The van der Waals surface area contributed by atoms with Crippen LogP contribution in [0.5, 0.6) is 0 Å². The lowest BCUT2D eigenvalue weighted by Crippen LogP contribution is -2.33. The Bertz CT molecular complexity index is 301. The molecule has 0 bridgehead atoms. The lowest BCUT2D eigenvalue weighted by atomic mass is 10.0. The van der Waals surface area contributed by atoms with Gasteiger partial charge in [-0.15, -0.1) is 11.3 Å². The van der Waals surface area contributed by atoms with E-state index in [1.54, 1.807) is 0 Å². The maximum Gasteiger partial charge on any atom is 0.00872 e. The summed E-state index contributed by atoms with van der Waals surface area (Å²) in [7, 11) is 0. The van der Waals surface area contributed by atoms with E-state index in [2.05, 4.69) is 36.7 Å². The molecule has 1 aromatic rings. The van der Waals surface area contributed by atoms with E-state index in [0.29, 0.717) is 11.5 Å². The number of rotatable bonds is 7. The van der Waals surface area contributed by atoms with Crippen LogP contribution in [0.3, 0.4) is 0 Å². The average Bonchev–Trinajstić information content (AvgIpc) is 2.83. The van der Waals surface area contributed by atoms with E-state index in [9.17, 15) is 0 Å². The molecule has 0 aromatic carbocycles. The van der Waals surface area contributed by atoms with Gasteiger partial charge in [-0.1, -0.05) is 19.4 Å². The molecule has 0 saturated heterocycles. The molecule has 1 aromatic heterocycles. The van der Waals surface area contributed by atoms with Gasteiger partial charge in [0.1, 0.15) is 0 Å². The highest BCUT2D eigenvalue weighted by Crippen LogP contribution is 2.48. The van der Waals surface area contributed by atoms with Crippen LogP contribution in [0, 0.1) is 5.41 Å². The maximum atomic E-state index is 3.72. The van der Waals surface area contributed by atoms with Crippen molar-refractivity contribution in [2.24, 2.45) is 5.41 Å². The molecule has 1 atom stereocenters. The molecule has 1 aliphatic rings. The van der Waals surface area contributed by atoms with Crippen LogP contribution in [0.25, 0.3) is 0 Å². The predicted octanol–water partition coefficient (Wildman–Crippen LogP) is 3.85. The summed E-state index contributed by atoms with van der Waals surface area (Å²) in [6, 6.07) is 5.00. The number of thiophene rings is 1. The summed E-state index contributed by atoms with van der Waals surface area (Å²) in [4.78, 5) is 1.50. The van der Waals surface area contributed by atoms with E-state index in [4.69, 9.17) is 0 Å². The Labute approximate surface area is 103 Å². The minimum absolute atomic E-state index is 0.619. The summed E-state index contributed by atoms with van der Waals surface area (Å²) in [5.74, 6) is 0. The topological polar surface area (TPSA) is 12.0 Å².